The van der Waals surface area contributed by atoms with Gasteiger partial charge in [0.25, 0.3) is 0 Å². The standard InChI is InChI=1S/C22H24N4O3S2/c1-16-7-6-8-17(13-16)21-23-24-22(26(21)18-9-4-3-5-10-18)30-14-20(27)25(2)19-11-12-31(28,29)15-19/h3-10,13,19H,11-12,14-15H2,1-2H3/t19-/m1/s1. The van der Waals surface area contributed by atoms with E-state index in [1.54, 1.807) is 11.9 Å². The highest BCUT2D eigenvalue weighted by atomic mass is 32.2. The summed E-state index contributed by atoms with van der Waals surface area (Å²) in [5.41, 5.74) is 2.98. The van der Waals surface area contributed by atoms with E-state index >= 15 is 0 Å². The third kappa shape index (κ3) is 4.83. The second kappa shape index (κ2) is 8.84. The van der Waals surface area contributed by atoms with Gasteiger partial charge in [-0.05, 0) is 31.5 Å². The van der Waals surface area contributed by atoms with E-state index in [2.05, 4.69) is 16.3 Å². The molecule has 0 unspecified atom stereocenters. The molecule has 7 nitrogen and oxygen atoms in total. The van der Waals surface area contributed by atoms with Gasteiger partial charge < -0.3 is 4.90 Å². The number of hydrogen-bond donors (Lipinski definition) is 0. The molecule has 1 fully saturated rings. The highest BCUT2D eigenvalue weighted by molar-refractivity contribution is 7.99. The van der Waals surface area contributed by atoms with Gasteiger partial charge in [0, 0.05) is 24.3 Å². The smallest absolute Gasteiger partial charge is 0.233 e. The molecular formula is C22H24N4O3S2. The lowest BCUT2D eigenvalue weighted by Gasteiger charge is -2.23. The van der Waals surface area contributed by atoms with E-state index < -0.39 is 9.84 Å². The number of aryl methyl sites for hydroxylation is 1. The number of rotatable bonds is 6. The Morgan fingerprint density at radius 1 is 1.16 bits per heavy atom. The van der Waals surface area contributed by atoms with Crippen molar-refractivity contribution in [3.05, 3.63) is 60.2 Å². The number of nitrogens with zero attached hydrogens (tertiary/aromatic N) is 4. The summed E-state index contributed by atoms with van der Waals surface area (Å²) in [6.07, 6.45) is 0.493. The minimum Gasteiger partial charge on any atom is -0.341 e. The maximum Gasteiger partial charge on any atom is 0.233 e. The summed E-state index contributed by atoms with van der Waals surface area (Å²) in [4.78, 5) is 14.3. The summed E-state index contributed by atoms with van der Waals surface area (Å²) in [5, 5.41) is 9.39. The molecular weight excluding hydrogens is 432 g/mol. The van der Waals surface area contributed by atoms with Crippen molar-refractivity contribution in [1.29, 1.82) is 0 Å². The van der Waals surface area contributed by atoms with Gasteiger partial charge in [-0.2, -0.15) is 0 Å². The first-order chi connectivity index (χ1) is 14.8. The number of amides is 1. The number of benzene rings is 2. The molecule has 1 aromatic heterocycles. The summed E-state index contributed by atoms with van der Waals surface area (Å²) in [6, 6.07) is 17.6. The number of sulfone groups is 1. The molecule has 162 valence electrons. The molecule has 1 saturated heterocycles. The first-order valence-corrected chi connectivity index (χ1v) is 12.8. The van der Waals surface area contributed by atoms with Gasteiger partial charge in [0.05, 0.1) is 17.3 Å². The van der Waals surface area contributed by atoms with E-state index in [1.807, 2.05) is 60.0 Å². The first kappa shape index (κ1) is 21.6. The van der Waals surface area contributed by atoms with Gasteiger partial charge in [-0.25, -0.2) is 8.42 Å². The van der Waals surface area contributed by atoms with Gasteiger partial charge in [-0.15, -0.1) is 10.2 Å². The minimum atomic E-state index is -3.04. The zero-order chi connectivity index (χ0) is 22.0. The number of carbonyl (C=O) groups excluding carboxylic acids is 1. The predicted molar refractivity (Wildman–Crippen MR) is 122 cm³/mol. The molecule has 1 aliphatic heterocycles. The number of thioether (sulfide) groups is 1. The third-order valence-electron chi connectivity index (χ3n) is 5.40. The molecule has 1 aliphatic rings. The second-order valence-corrected chi connectivity index (χ2v) is 10.9. The van der Waals surface area contributed by atoms with Gasteiger partial charge >= 0.3 is 0 Å². The Hall–Kier alpha value is -2.65. The van der Waals surface area contributed by atoms with E-state index in [0.29, 0.717) is 17.4 Å². The zero-order valence-corrected chi connectivity index (χ0v) is 19.1. The second-order valence-electron chi connectivity index (χ2n) is 7.70. The Balaban J connectivity index is 1.58. The van der Waals surface area contributed by atoms with E-state index in [4.69, 9.17) is 0 Å². The fourth-order valence-corrected chi connectivity index (χ4v) is 6.31. The molecule has 1 atom stereocenters. The summed E-state index contributed by atoms with van der Waals surface area (Å²) in [5.74, 6) is 0.931. The maximum atomic E-state index is 12.7. The molecule has 0 bridgehead atoms. The lowest BCUT2D eigenvalue weighted by molar-refractivity contribution is -0.128. The van der Waals surface area contributed by atoms with Crippen LogP contribution in [-0.2, 0) is 14.6 Å². The van der Waals surface area contributed by atoms with Crippen LogP contribution in [-0.4, -0.2) is 64.3 Å². The van der Waals surface area contributed by atoms with Crippen molar-refractivity contribution in [2.24, 2.45) is 0 Å². The summed E-state index contributed by atoms with van der Waals surface area (Å²) >= 11 is 1.31. The average molecular weight is 457 g/mol. The van der Waals surface area contributed by atoms with Crippen molar-refractivity contribution in [2.75, 3.05) is 24.3 Å². The van der Waals surface area contributed by atoms with Gasteiger partial charge in [-0.3, -0.25) is 9.36 Å². The predicted octanol–water partition coefficient (Wildman–Crippen LogP) is 2.98. The van der Waals surface area contributed by atoms with Crippen LogP contribution in [0.2, 0.25) is 0 Å². The van der Waals surface area contributed by atoms with Crippen LogP contribution < -0.4 is 0 Å². The molecule has 0 N–H and O–H groups in total. The SMILES string of the molecule is Cc1cccc(-c2nnc(SCC(=O)N(C)[C@@H]3CCS(=O)(=O)C3)n2-c2ccccc2)c1. The fraction of sp³-hybridized carbons (Fsp3) is 0.318. The molecule has 2 heterocycles. The third-order valence-corrected chi connectivity index (χ3v) is 8.06. The zero-order valence-electron chi connectivity index (χ0n) is 17.4. The highest BCUT2D eigenvalue weighted by Gasteiger charge is 2.32. The monoisotopic (exact) mass is 456 g/mol. The van der Waals surface area contributed by atoms with E-state index in [1.165, 1.54) is 11.8 Å². The lowest BCUT2D eigenvalue weighted by atomic mass is 10.1. The first-order valence-electron chi connectivity index (χ1n) is 10.0. The van der Waals surface area contributed by atoms with Crippen LogP contribution in [0.1, 0.15) is 12.0 Å². The molecule has 4 rings (SSSR count). The maximum absolute atomic E-state index is 12.7. The Morgan fingerprint density at radius 3 is 2.61 bits per heavy atom. The molecule has 0 spiro atoms. The van der Waals surface area contributed by atoms with Crippen molar-refractivity contribution in [3.8, 4) is 17.1 Å². The highest BCUT2D eigenvalue weighted by Crippen LogP contribution is 2.29. The minimum absolute atomic E-state index is 0.0393. The Bertz CT molecular complexity index is 1190. The van der Waals surface area contributed by atoms with Crippen LogP contribution in [0.4, 0.5) is 0 Å². The van der Waals surface area contributed by atoms with Crippen molar-refractivity contribution < 1.29 is 13.2 Å². The van der Waals surface area contributed by atoms with E-state index in [-0.39, 0.29) is 29.2 Å². The Labute approximate surface area is 186 Å². The van der Waals surface area contributed by atoms with Crippen LogP contribution >= 0.6 is 11.8 Å². The Kier molecular flexibility index (Phi) is 6.15. The van der Waals surface area contributed by atoms with Crippen LogP contribution in [0, 0.1) is 6.92 Å². The van der Waals surface area contributed by atoms with Gasteiger partial charge in [0.15, 0.2) is 20.8 Å². The molecule has 2 aromatic carbocycles. The molecule has 0 aliphatic carbocycles. The normalized spacial score (nSPS) is 17.5. The number of carbonyl (C=O) groups is 1. The number of para-hydroxylation sites is 1. The molecule has 1 amide bonds. The van der Waals surface area contributed by atoms with Crippen LogP contribution in [0.3, 0.4) is 0 Å². The van der Waals surface area contributed by atoms with Crippen LogP contribution in [0.15, 0.2) is 59.8 Å². The van der Waals surface area contributed by atoms with Gasteiger partial charge in [-0.1, -0.05) is 53.7 Å². The summed E-state index contributed by atoms with van der Waals surface area (Å²) in [6.45, 7) is 2.03. The fourth-order valence-electron chi connectivity index (χ4n) is 3.66. The van der Waals surface area contributed by atoms with Crippen LogP contribution in [0.5, 0.6) is 0 Å². The van der Waals surface area contributed by atoms with Gasteiger partial charge in [0.1, 0.15) is 0 Å². The van der Waals surface area contributed by atoms with E-state index in [0.717, 1.165) is 16.8 Å². The molecule has 3 aromatic rings. The average Bonchev–Trinajstić information content (AvgIpc) is 3.35. The molecule has 9 heteroatoms. The van der Waals surface area contributed by atoms with Crippen molar-refractivity contribution in [2.45, 2.75) is 24.5 Å². The summed E-state index contributed by atoms with van der Waals surface area (Å²) < 4.78 is 25.4. The summed E-state index contributed by atoms with van der Waals surface area (Å²) in [7, 11) is -1.37. The van der Waals surface area contributed by atoms with E-state index in [9.17, 15) is 13.2 Å². The molecule has 31 heavy (non-hydrogen) atoms. The molecule has 0 saturated carbocycles. The van der Waals surface area contributed by atoms with Crippen molar-refractivity contribution in [1.82, 2.24) is 19.7 Å². The molecule has 0 radical (unpaired) electrons. The topological polar surface area (TPSA) is 85.2 Å². The number of aromatic nitrogens is 3. The Morgan fingerprint density at radius 2 is 1.94 bits per heavy atom. The number of hydrogen-bond acceptors (Lipinski definition) is 6. The van der Waals surface area contributed by atoms with Gasteiger partial charge in [0.2, 0.25) is 5.91 Å². The quantitative estimate of drug-likeness (QED) is 0.530. The van der Waals surface area contributed by atoms with Crippen molar-refractivity contribution >= 4 is 27.5 Å². The van der Waals surface area contributed by atoms with Crippen molar-refractivity contribution in [3.63, 3.8) is 0 Å². The van der Waals surface area contributed by atoms with Crippen LogP contribution in [0.25, 0.3) is 17.1 Å². The largest absolute Gasteiger partial charge is 0.341 e. The lowest BCUT2D eigenvalue weighted by Crippen LogP contribution is -2.38.